The molecule has 1 heterocycles. The highest BCUT2D eigenvalue weighted by atomic mass is 32.1. The van der Waals surface area contributed by atoms with Crippen molar-refractivity contribution in [2.75, 3.05) is 5.32 Å². The second-order valence-corrected chi connectivity index (χ2v) is 9.05. The highest BCUT2D eigenvalue weighted by molar-refractivity contribution is 7.18. The van der Waals surface area contributed by atoms with E-state index in [4.69, 9.17) is 0 Å². The van der Waals surface area contributed by atoms with Crippen molar-refractivity contribution in [3.63, 3.8) is 0 Å². The van der Waals surface area contributed by atoms with E-state index in [1.807, 2.05) is 0 Å². The van der Waals surface area contributed by atoms with Crippen LogP contribution in [0.15, 0.2) is 24.3 Å². The zero-order valence-corrected chi connectivity index (χ0v) is 16.6. The zero-order valence-electron chi connectivity index (χ0n) is 15.8. The van der Waals surface area contributed by atoms with Crippen LogP contribution in [0.25, 0.3) is 10.6 Å². The molecule has 142 valence electrons. The Bertz CT molecular complexity index is 827. The maximum Gasteiger partial charge on any atom is 0.229 e. The van der Waals surface area contributed by atoms with Crippen molar-refractivity contribution in [3.05, 3.63) is 29.8 Å². The Morgan fingerprint density at radius 1 is 1.11 bits per heavy atom. The molecule has 6 heteroatoms. The minimum Gasteiger partial charge on any atom is -0.300 e. The average Bonchev–Trinajstić information content (AvgIpc) is 3.10. The van der Waals surface area contributed by atoms with Crippen molar-refractivity contribution < 1.29 is 9.59 Å². The van der Waals surface area contributed by atoms with E-state index in [-0.39, 0.29) is 23.7 Å². The molecular weight excluding hydrogens is 358 g/mol. The number of aromatic nitrogens is 2. The molecule has 0 saturated heterocycles. The smallest absolute Gasteiger partial charge is 0.229 e. The number of amides is 1. The van der Waals surface area contributed by atoms with Gasteiger partial charge in [-0.2, -0.15) is 0 Å². The number of hydrogen-bond donors (Lipinski definition) is 1. The SMILES string of the molecule is CC(C)c1ccc(-c2nnc(NC(=O)C3CC4CCCC(C3)C4=O)s2)cc1. The highest BCUT2D eigenvalue weighted by Crippen LogP contribution is 2.40. The summed E-state index contributed by atoms with van der Waals surface area (Å²) in [6, 6.07) is 8.32. The van der Waals surface area contributed by atoms with Crippen LogP contribution in [-0.2, 0) is 9.59 Å². The molecule has 0 spiro atoms. The third-order valence-electron chi connectivity index (χ3n) is 5.90. The minimum atomic E-state index is -0.0873. The summed E-state index contributed by atoms with van der Waals surface area (Å²) >= 11 is 1.39. The number of anilines is 1. The Morgan fingerprint density at radius 3 is 2.41 bits per heavy atom. The van der Waals surface area contributed by atoms with E-state index in [0.29, 0.717) is 29.7 Å². The van der Waals surface area contributed by atoms with Gasteiger partial charge in [-0.1, -0.05) is 55.9 Å². The summed E-state index contributed by atoms with van der Waals surface area (Å²) in [6.07, 6.45) is 4.36. The molecule has 27 heavy (non-hydrogen) atoms. The maximum atomic E-state index is 12.7. The zero-order chi connectivity index (χ0) is 19.0. The summed E-state index contributed by atoms with van der Waals surface area (Å²) in [5.41, 5.74) is 2.30. The molecule has 2 aromatic rings. The Hall–Kier alpha value is -2.08. The Kier molecular flexibility index (Phi) is 5.08. The monoisotopic (exact) mass is 383 g/mol. The summed E-state index contributed by atoms with van der Waals surface area (Å²) in [4.78, 5) is 24.9. The number of ketones is 1. The topological polar surface area (TPSA) is 72.0 Å². The predicted octanol–water partition coefficient (Wildman–Crippen LogP) is 4.66. The van der Waals surface area contributed by atoms with Crippen molar-refractivity contribution in [3.8, 4) is 10.6 Å². The van der Waals surface area contributed by atoms with Gasteiger partial charge in [0.2, 0.25) is 11.0 Å². The molecule has 2 bridgehead atoms. The van der Waals surface area contributed by atoms with Crippen LogP contribution in [0.1, 0.15) is 57.4 Å². The van der Waals surface area contributed by atoms with E-state index in [1.54, 1.807) is 0 Å². The maximum absolute atomic E-state index is 12.7. The molecule has 0 aliphatic heterocycles. The first kappa shape index (κ1) is 18.3. The standard InChI is InChI=1S/C21H25N3O2S/c1-12(2)13-6-8-14(9-7-13)20-23-24-21(27-20)22-19(26)17-10-15-4-3-5-16(11-17)18(15)25/h6-9,12,15-17H,3-5,10-11H2,1-2H3,(H,22,24,26). The summed E-state index contributed by atoms with van der Waals surface area (Å²) in [5.74, 6) is 0.932. The molecule has 0 radical (unpaired) electrons. The number of carbonyl (C=O) groups excluding carboxylic acids is 2. The molecule has 2 aliphatic carbocycles. The molecule has 1 aromatic heterocycles. The van der Waals surface area contributed by atoms with Crippen LogP contribution in [-0.4, -0.2) is 21.9 Å². The molecule has 2 aliphatic rings. The van der Waals surface area contributed by atoms with Crippen LogP contribution in [0.2, 0.25) is 0 Å². The van der Waals surface area contributed by atoms with Crippen molar-refractivity contribution >= 4 is 28.2 Å². The molecule has 1 aromatic carbocycles. The van der Waals surface area contributed by atoms with Gasteiger partial charge in [-0.25, -0.2) is 0 Å². The normalized spacial score (nSPS) is 24.9. The lowest BCUT2D eigenvalue weighted by Crippen LogP contribution is -2.40. The summed E-state index contributed by atoms with van der Waals surface area (Å²) in [7, 11) is 0. The molecule has 1 amide bonds. The van der Waals surface area contributed by atoms with Crippen molar-refractivity contribution in [2.24, 2.45) is 17.8 Å². The van der Waals surface area contributed by atoms with Crippen molar-refractivity contribution in [2.45, 2.75) is 51.9 Å². The van der Waals surface area contributed by atoms with E-state index >= 15 is 0 Å². The summed E-state index contributed by atoms with van der Waals surface area (Å²) in [5, 5.41) is 12.6. The first-order valence-corrected chi connectivity index (χ1v) is 10.6. The number of rotatable bonds is 4. The molecular formula is C21H25N3O2S. The molecule has 4 rings (SSSR count). The molecule has 2 fully saturated rings. The van der Waals surface area contributed by atoms with Gasteiger partial charge in [0.15, 0.2) is 0 Å². The second-order valence-electron chi connectivity index (χ2n) is 8.07. The van der Waals surface area contributed by atoms with E-state index in [9.17, 15) is 9.59 Å². The molecule has 2 atom stereocenters. The Morgan fingerprint density at radius 2 is 1.78 bits per heavy atom. The first-order valence-electron chi connectivity index (χ1n) is 9.79. The van der Waals surface area contributed by atoms with Gasteiger partial charge in [-0.3, -0.25) is 9.59 Å². The molecule has 2 unspecified atom stereocenters. The van der Waals surface area contributed by atoms with Crippen LogP contribution in [0, 0.1) is 17.8 Å². The van der Waals surface area contributed by atoms with E-state index in [0.717, 1.165) is 29.8 Å². The van der Waals surface area contributed by atoms with Gasteiger partial charge in [-0.15, -0.1) is 10.2 Å². The van der Waals surface area contributed by atoms with Gasteiger partial charge in [-0.05, 0) is 37.2 Å². The second kappa shape index (κ2) is 7.50. The Labute approximate surface area is 163 Å². The number of fused-ring (bicyclic) bond motifs is 2. The van der Waals surface area contributed by atoms with E-state index < -0.39 is 0 Å². The number of nitrogens with zero attached hydrogens (tertiary/aromatic N) is 2. The largest absolute Gasteiger partial charge is 0.300 e. The number of hydrogen-bond acceptors (Lipinski definition) is 5. The van der Waals surface area contributed by atoms with Crippen LogP contribution < -0.4 is 5.32 Å². The fraction of sp³-hybridized carbons (Fsp3) is 0.524. The summed E-state index contributed by atoms with van der Waals surface area (Å²) < 4.78 is 0. The number of Topliss-reactive ketones (excluding diaryl/α,β-unsaturated/α-hetero) is 1. The van der Waals surface area contributed by atoms with Gasteiger partial charge in [0.05, 0.1) is 0 Å². The lowest BCUT2D eigenvalue weighted by molar-refractivity contribution is -0.136. The fourth-order valence-electron chi connectivity index (χ4n) is 4.30. The predicted molar refractivity (Wildman–Crippen MR) is 107 cm³/mol. The lowest BCUT2D eigenvalue weighted by atomic mass is 9.67. The highest BCUT2D eigenvalue weighted by Gasteiger charge is 2.41. The number of benzene rings is 1. The minimum absolute atomic E-state index is 0.0164. The third-order valence-corrected chi connectivity index (χ3v) is 6.79. The molecule has 2 saturated carbocycles. The van der Waals surface area contributed by atoms with Crippen LogP contribution >= 0.6 is 11.3 Å². The van der Waals surface area contributed by atoms with Crippen LogP contribution in [0.5, 0.6) is 0 Å². The lowest BCUT2D eigenvalue weighted by Gasteiger charge is -2.36. The number of carbonyl (C=O) groups is 2. The first-order chi connectivity index (χ1) is 13.0. The van der Waals surface area contributed by atoms with Crippen LogP contribution in [0.4, 0.5) is 5.13 Å². The number of nitrogens with one attached hydrogen (secondary N) is 1. The van der Waals surface area contributed by atoms with Crippen LogP contribution in [0.3, 0.4) is 0 Å². The molecule has 5 nitrogen and oxygen atoms in total. The van der Waals surface area contributed by atoms with Crippen molar-refractivity contribution in [1.29, 1.82) is 0 Å². The van der Waals surface area contributed by atoms with Gasteiger partial charge < -0.3 is 5.32 Å². The Balaban J connectivity index is 1.42. The average molecular weight is 384 g/mol. The quantitative estimate of drug-likeness (QED) is 0.833. The van der Waals surface area contributed by atoms with Gasteiger partial charge >= 0.3 is 0 Å². The summed E-state index contributed by atoms with van der Waals surface area (Å²) in [6.45, 7) is 4.33. The van der Waals surface area contributed by atoms with Gasteiger partial charge in [0, 0.05) is 23.3 Å². The van der Waals surface area contributed by atoms with Gasteiger partial charge in [0.1, 0.15) is 10.8 Å². The fourth-order valence-corrected chi connectivity index (χ4v) is 5.05. The van der Waals surface area contributed by atoms with E-state index in [1.165, 1.54) is 16.9 Å². The van der Waals surface area contributed by atoms with Gasteiger partial charge in [0.25, 0.3) is 0 Å². The van der Waals surface area contributed by atoms with Crippen molar-refractivity contribution in [1.82, 2.24) is 10.2 Å². The van der Waals surface area contributed by atoms with E-state index in [2.05, 4.69) is 53.6 Å². The molecule has 1 N–H and O–H groups in total. The third kappa shape index (κ3) is 3.81.